The van der Waals surface area contributed by atoms with E-state index in [4.69, 9.17) is 0 Å². The predicted molar refractivity (Wildman–Crippen MR) is 76.3 cm³/mol. The van der Waals surface area contributed by atoms with Crippen LogP contribution in [-0.2, 0) is 0 Å². The van der Waals surface area contributed by atoms with Gasteiger partial charge in [-0.2, -0.15) is 0 Å². The van der Waals surface area contributed by atoms with Crippen molar-refractivity contribution in [1.29, 1.82) is 0 Å². The molecule has 1 fully saturated rings. The molecular weight excluding hydrogens is 254 g/mol. The number of hydrogen-bond donors (Lipinski definition) is 1. The lowest BCUT2D eigenvalue weighted by atomic mass is 9.87. The number of aliphatic hydroxyl groups excluding tert-OH is 1. The van der Waals surface area contributed by atoms with Gasteiger partial charge in [0.25, 0.3) is 5.91 Å². The number of likely N-dealkylation sites (tertiary alicyclic amines) is 1. The van der Waals surface area contributed by atoms with Crippen LogP contribution in [-0.4, -0.2) is 44.6 Å². The summed E-state index contributed by atoms with van der Waals surface area (Å²) in [5, 5.41) is 9.86. The zero-order chi connectivity index (χ0) is 14.8. The molecule has 0 aliphatic carbocycles. The maximum atomic E-state index is 12.7. The first-order valence-corrected chi connectivity index (χ1v) is 7.21. The molecule has 0 saturated carbocycles. The molecule has 5 nitrogen and oxygen atoms in total. The summed E-state index contributed by atoms with van der Waals surface area (Å²) in [5.41, 5.74) is -0.00891. The molecule has 1 aliphatic rings. The van der Waals surface area contributed by atoms with E-state index in [9.17, 15) is 9.90 Å². The van der Waals surface area contributed by atoms with Gasteiger partial charge >= 0.3 is 0 Å². The van der Waals surface area contributed by atoms with Crippen molar-refractivity contribution in [3.05, 3.63) is 23.8 Å². The first kappa shape index (κ1) is 14.9. The van der Waals surface area contributed by atoms with Gasteiger partial charge in [0, 0.05) is 12.7 Å². The minimum Gasteiger partial charge on any atom is -0.394 e. The maximum Gasteiger partial charge on any atom is 0.273 e. The Labute approximate surface area is 120 Å². The van der Waals surface area contributed by atoms with E-state index in [1.165, 1.54) is 0 Å². The summed E-state index contributed by atoms with van der Waals surface area (Å²) in [6.45, 7) is 6.71. The van der Waals surface area contributed by atoms with Gasteiger partial charge in [-0.25, -0.2) is 9.97 Å². The van der Waals surface area contributed by atoms with Gasteiger partial charge in [0.1, 0.15) is 11.5 Å². The topological polar surface area (TPSA) is 66.3 Å². The van der Waals surface area contributed by atoms with E-state index in [1.54, 1.807) is 19.2 Å². The first-order chi connectivity index (χ1) is 9.48. The third-order valence-electron chi connectivity index (χ3n) is 3.92. The Hall–Kier alpha value is -1.49. The second-order valence-electron chi connectivity index (χ2n) is 6.03. The van der Waals surface area contributed by atoms with Crippen LogP contribution in [0.5, 0.6) is 0 Å². The molecule has 110 valence electrons. The Morgan fingerprint density at radius 2 is 2.30 bits per heavy atom. The van der Waals surface area contributed by atoms with Gasteiger partial charge in [-0.05, 0) is 38.2 Å². The molecule has 0 radical (unpaired) electrons. The highest BCUT2D eigenvalue weighted by molar-refractivity contribution is 5.93. The van der Waals surface area contributed by atoms with Crippen LogP contribution in [0.25, 0.3) is 0 Å². The number of rotatable bonds is 4. The molecule has 0 bridgehead atoms. The first-order valence-electron chi connectivity index (χ1n) is 7.21. The number of aromatic nitrogens is 2. The molecule has 1 aromatic rings. The summed E-state index contributed by atoms with van der Waals surface area (Å²) in [7, 11) is 0. The van der Waals surface area contributed by atoms with Crippen molar-refractivity contribution in [2.24, 2.45) is 5.92 Å². The number of nitrogens with zero attached hydrogens (tertiary/aromatic N) is 3. The van der Waals surface area contributed by atoms with Crippen molar-refractivity contribution < 1.29 is 9.90 Å². The monoisotopic (exact) mass is 277 g/mol. The van der Waals surface area contributed by atoms with E-state index in [0.29, 0.717) is 24.0 Å². The van der Waals surface area contributed by atoms with Crippen molar-refractivity contribution in [2.75, 3.05) is 13.2 Å². The highest BCUT2D eigenvalue weighted by atomic mass is 16.3. The minimum absolute atomic E-state index is 0.0149. The van der Waals surface area contributed by atoms with E-state index in [0.717, 1.165) is 19.3 Å². The summed E-state index contributed by atoms with van der Waals surface area (Å²) in [5.74, 6) is 0.930. The molecule has 0 spiro atoms. The Morgan fingerprint density at radius 1 is 1.55 bits per heavy atom. The van der Waals surface area contributed by atoms with Crippen molar-refractivity contribution >= 4 is 5.91 Å². The highest BCUT2D eigenvalue weighted by Crippen LogP contribution is 2.35. The van der Waals surface area contributed by atoms with Gasteiger partial charge in [-0.1, -0.05) is 13.8 Å². The van der Waals surface area contributed by atoms with Crippen LogP contribution in [0.15, 0.2) is 12.3 Å². The van der Waals surface area contributed by atoms with Crippen molar-refractivity contribution in [3.8, 4) is 0 Å². The van der Waals surface area contributed by atoms with Crippen molar-refractivity contribution in [1.82, 2.24) is 14.9 Å². The normalized spacial score (nSPS) is 22.6. The lowest BCUT2D eigenvalue weighted by molar-refractivity contribution is 0.0327. The molecule has 1 aliphatic heterocycles. The van der Waals surface area contributed by atoms with Crippen LogP contribution >= 0.6 is 0 Å². The Bertz CT molecular complexity index is 490. The molecule has 0 aromatic carbocycles. The van der Waals surface area contributed by atoms with Crippen LogP contribution in [0.3, 0.4) is 0 Å². The number of carbonyl (C=O) groups excluding carboxylic acids is 1. The molecule has 1 unspecified atom stereocenters. The van der Waals surface area contributed by atoms with Gasteiger partial charge in [-0.3, -0.25) is 4.79 Å². The summed E-state index contributed by atoms with van der Waals surface area (Å²) < 4.78 is 0. The van der Waals surface area contributed by atoms with Crippen LogP contribution in [0.4, 0.5) is 0 Å². The van der Waals surface area contributed by atoms with Crippen LogP contribution in [0, 0.1) is 12.8 Å². The van der Waals surface area contributed by atoms with E-state index >= 15 is 0 Å². The second kappa shape index (κ2) is 5.87. The van der Waals surface area contributed by atoms with Crippen molar-refractivity contribution in [3.63, 3.8) is 0 Å². The average molecular weight is 277 g/mol. The standard InChI is InChI=1S/C15H23N3O2/c1-11(2)9-15(10-19)6-4-8-18(15)14(20)13-5-7-16-12(3)17-13/h5,7,11,19H,4,6,8-10H2,1-3H3. The molecule has 1 aromatic heterocycles. The Morgan fingerprint density at radius 3 is 2.90 bits per heavy atom. The molecule has 2 heterocycles. The number of aryl methyl sites for hydroxylation is 1. The van der Waals surface area contributed by atoms with Crippen LogP contribution in [0.1, 0.15) is 49.4 Å². The minimum atomic E-state index is -0.426. The summed E-state index contributed by atoms with van der Waals surface area (Å²) in [6, 6.07) is 1.64. The average Bonchev–Trinajstić information content (AvgIpc) is 2.81. The van der Waals surface area contributed by atoms with Gasteiger partial charge in [-0.15, -0.1) is 0 Å². The zero-order valence-electron chi connectivity index (χ0n) is 12.5. The van der Waals surface area contributed by atoms with Gasteiger partial charge < -0.3 is 10.0 Å². The fourth-order valence-electron chi connectivity index (χ4n) is 3.17. The third kappa shape index (κ3) is 2.82. The van der Waals surface area contributed by atoms with Crippen LogP contribution in [0.2, 0.25) is 0 Å². The molecule has 20 heavy (non-hydrogen) atoms. The van der Waals surface area contributed by atoms with Gasteiger partial charge in [0.05, 0.1) is 12.1 Å². The number of hydrogen-bond acceptors (Lipinski definition) is 4. The second-order valence-corrected chi connectivity index (χ2v) is 6.03. The highest BCUT2D eigenvalue weighted by Gasteiger charge is 2.43. The molecule has 5 heteroatoms. The van der Waals surface area contributed by atoms with E-state index in [2.05, 4.69) is 23.8 Å². The fourth-order valence-corrected chi connectivity index (χ4v) is 3.17. The fraction of sp³-hybridized carbons (Fsp3) is 0.667. The maximum absolute atomic E-state index is 12.7. The number of carbonyl (C=O) groups is 1. The molecule has 1 N–H and O–H groups in total. The number of aliphatic hydroxyl groups is 1. The van der Waals surface area contributed by atoms with E-state index in [1.807, 2.05) is 4.90 Å². The molecule has 1 amide bonds. The molecule has 1 atom stereocenters. The Kier molecular flexibility index (Phi) is 4.38. The summed E-state index contributed by atoms with van der Waals surface area (Å²) in [4.78, 5) is 22.7. The van der Waals surface area contributed by atoms with Gasteiger partial charge in [0.15, 0.2) is 0 Å². The Balaban J connectivity index is 2.27. The molecule has 1 saturated heterocycles. The lowest BCUT2D eigenvalue weighted by Crippen LogP contribution is -2.51. The van der Waals surface area contributed by atoms with E-state index in [-0.39, 0.29) is 12.5 Å². The molecular formula is C15H23N3O2. The smallest absolute Gasteiger partial charge is 0.273 e. The summed E-state index contributed by atoms with van der Waals surface area (Å²) >= 11 is 0. The third-order valence-corrected chi connectivity index (χ3v) is 3.92. The van der Waals surface area contributed by atoms with Crippen molar-refractivity contribution in [2.45, 2.75) is 45.6 Å². The zero-order valence-corrected chi connectivity index (χ0v) is 12.5. The predicted octanol–water partition coefficient (Wildman–Crippen LogP) is 1.80. The lowest BCUT2D eigenvalue weighted by Gasteiger charge is -2.38. The molecule has 2 rings (SSSR count). The van der Waals surface area contributed by atoms with Gasteiger partial charge in [0.2, 0.25) is 0 Å². The number of amides is 1. The summed E-state index contributed by atoms with van der Waals surface area (Å²) in [6.07, 6.45) is 4.22. The quantitative estimate of drug-likeness (QED) is 0.911. The largest absolute Gasteiger partial charge is 0.394 e. The van der Waals surface area contributed by atoms with Crippen LogP contribution < -0.4 is 0 Å². The van der Waals surface area contributed by atoms with E-state index < -0.39 is 5.54 Å². The SMILES string of the molecule is Cc1nccc(C(=O)N2CCCC2(CO)CC(C)C)n1.